The molecule has 1 aromatic rings. The van der Waals surface area contributed by atoms with E-state index < -0.39 is 6.10 Å². The maximum absolute atomic E-state index is 11.1. The number of carbonyl (C=O) groups is 1. The Balaban J connectivity index is 1.65. The zero-order chi connectivity index (χ0) is 17.4. The molecular formula is C19H28N2O2S. The average molecular weight is 349 g/mol. The first-order valence-electron chi connectivity index (χ1n) is 8.77. The molecule has 0 radical (unpaired) electrons. The molecule has 0 aromatic heterocycles. The zero-order valence-electron chi connectivity index (χ0n) is 14.4. The molecule has 0 spiro atoms. The van der Waals surface area contributed by atoms with Gasteiger partial charge >= 0.3 is 5.97 Å². The summed E-state index contributed by atoms with van der Waals surface area (Å²) < 4.78 is 5.17. The van der Waals surface area contributed by atoms with Crippen LogP contribution >= 0.6 is 12.2 Å². The summed E-state index contributed by atoms with van der Waals surface area (Å²) in [6.07, 6.45) is 4.95. The van der Waals surface area contributed by atoms with Gasteiger partial charge in [-0.2, -0.15) is 0 Å². The second-order valence-electron chi connectivity index (χ2n) is 6.64. The summed E-state index contributed by atoms with van der Waals surface area (Å²) in [6.45, 7) is 4.75. The van der Waals surface area contributed by atoms with Crippen LogP contribution in [0.25, 0.3) is 0 Å². The lowest BCUT2D eigenvalue weighted by molar-refractivity contribution is -0.143. The highest BCUT2D eigenvalue weighted by Gasteiger charge is 2.20. The highest BCUT2D eigenvalue weighted by atomic mass is 32.1. The topological polar surface area (TPSA) is 55.6 Å². The van der Waals surface area contributed by atoms with Crippen LogP contribution in [-0.4, -0.2) is 35.1 Å². The molecule has 24 heavy (non-hydrogen) atoms. The third-order valence-electron chi connectivity index (χ3n) is 4.66. The van der Waals surface area contributed by atoms with Crippen molar-refractivity contribution in [3.8, 4) is 0 Å². The van der Waals surface area contributed by atoms with Crippen molar-refractivity contribution in [3.05, 3.63) is 35.9 Å². The Morgan fingerprint density at radius 2 is 2.00 bits per heavy atom. The molecule has 0 aliphatic carbocycles. The minimum absolute atomic E-state index is 0.280. The predicted octanol–water partition coefficient (Wildman–Crippen LogP) is 3.29. The van der Waals surface area contributed by atoms with Gasteiger partial charge < -0.3 is 10.5 Å². The normalized spacial score (nSPS) is 17.4. The fourth-order valence-electron chi connectivity index (χ4n) is 3.33. The summed E-state index contributed by atoms with van der Waals surface area (Å²) in [5.74, 6) is 0.434. The maximum atomic E-state index is 11.1. The van der Waals surface area contributed by atoms with E-state index in [-0.39, 0.29) is 11.0 Å². The van der Waals surface area contributed by atoms with E-state index in [1.165, 1.54) is 25.3 Å². The van der Waals surface area contributed by atoms with Gasteiger partial charge in [0.2, 0.25) is 0 Å². The van der Waals surface area contributed by atoms with E-state index in [2.05, 4.69) is 35.2 Å². The van der Waals surface area contributed by atoms with Crippen molar-refractivity contribution < 1.29 is 9.53 Å². The molecule has 1 fully saturated rings. The van der Waals surface area contributed by atoms with E-state index >= 15 is 0 Å². The molecule has 1 unspecified atom stereocenters. The fourth-order valence-corrected chi connectivity index (χ4v) is 3.49. The first kappa shape index (κ1) is 18.9. The van der Waals surface area contributed by atoms with Gasteiger partial charge in [-0.25, -0.2) is 0 Å². The number of carbonyl (C=O) groups excluding carboxylic acids is 1. The Kier molecular flexibility index (Phi) is 7.66. The van der Waals surface area contributed by atoms with Crippen LogP contribution < -0.4 is 5.73 Å². The molecule has 5 heteroatoms. The zero-order valence-corrected chi connectivity index (χ0v) is 15.3. The van der Waals surface area contributed by atoms with Gasteiger partial charge in [-0.1, -0.05) is 49.0 Å². The quantitative estimate of drug-likeness (QED) is 0.577. The minimum atomic E-state index is -0.407. The summed E-state index contributed by atoms with van der Waals surface area (Å²) >= 11 is 4.98. The van der Waals surface area contributed by atoms with Gasteiger partial charge in [0.05, 0.1) is 0 Å². The second kappa shape index (κ2) is 9.74. The van der Waals surface area contributed by atoms with E-state index in [9.17, 15) is 4.79 Å². The van der Waals surface area contributed by atoms with E-state index in [0.29, 0.717) is 0 Å². The molecule has 1 atom stereocenters. The van der Waals surface area contributed by atoms with Crippen molar-refractivity contribution in [3.63, 3.8) is 0 Å². The molecule has 2 N–H and O–H groups in total. The number of likely N-dealkylation sites (tertiary alicyclic amines) is 1. The number of hydrogen-bond donors (Lipinski definition) is 1. The highest BCUT2D eigenvalue weighted by molar-refractivity contribution is 7.80. The molecule has 2 rings (SSSR count). The number of nitrogens with zero attached hydrogens (tertiary/aromatic N) is 1. The van der Waals surface area contributed by atoms with Crippen LogP contribution in [0.15, 0.2) is 30.3 Å². The number of nitrogens with two attached hydrogens (primary N) is 1. The number of esters is 1. The van der Waals surface area contributed by atoms with Gasteiger partial charge in [0, 0.05) is 13.5 Å². The van der Waals surface area contributed by atoms with Crippen LogP contribution in [0.3, 0.4) is 0 Å². The molecule has 0 bridgehead atoms. The Morgan fingerprint density at radius 1 is 1.33 bits per heavy atom. The minimum Gasteiger partial charge on any atom is -0.455 e. The Bertz CT molecular complexity index is 527. The summed E-state index contributed by atoms with van der Waals surface area (Å²) in [4.78, 5) is 13.9. The third-order valence-corrected chi connectivity index (χ3v) is 4.92. The van der Waals surface area contributed by atoms with Crippen LogP contribution in [-0.2, 0) is 16.1 Å². The van der Waals surface area contributed by atoms with Gasteiger partial charge in [-0.05, 0) is 50.3 Å². The van der Waals surface area contributed by atoms with Crippen LogP contribution in [0.5, 0.6) is 0 Å². The molecule has 1 aliphatic rings. The summed E-state index contributed by atoms with van der Waals surface area (Å²) in [5.41, 5.74) is 7.03. The Morgan fingerprint density at radius 3 is 2.58 bits per heavy atom. The van der Waals surface area contributed by atoms with Gasteiger partial charge in [0.1, 0.15) is 4.99 Å². The van der Waals surface area contributed by atoms with Crippen molar-refractivity contribution in [2.75, 3.05) is 13.1 Å². The maximum Gasteiger partial charge on any atom is 0.303 e. The molecule has 1 aliphatic heterocycles. The first-order valence-corrected chi connectivity index (χ1v) is 9.18. The monoisotopic (exact) mass is 348 g/mol. The van der Waals surface area contributed by atoms with Crippen molar-refractivity contribution in [1.29, 1.82) is 0 Å². The lowest BCUT2D eigenvalue weighted by atomic mass is 9.91. The molecule has 4 nitrogen and oxygen atoms in total. The lowest BCUT2D eigenvalue weighted by Gasteiger charge is -2.32. The van der Waals surface area contributed by atoms with Gasteiger partial charge in [0.25, 0.3) is 0 Å². The number of benzene rings is 1. The van der Waals surface area contributed by atoms with Crippen molar-refractivity contribution in [1.82, 2.24) is 4.90 Å². The summed E-state index contributed by atoms with van der Waals surface area (Å²) in [7, 11) is 0. The van der Waals surface area contributed by atoms with Crippen LogP contribution in [0.1, 0.15) is 44.6 Å². The van der Waals surface area contributed by atoms with Crippen LogP contribution in [0.4, 0.5) is 0 Å². The van der Waals surface area contributed by atoms with Crippen LogP contribution in [0, 0.1) is 5.92 Å². The largest absolute Gasteiger partial charge is 0.455 e. The second-order valence-corrected chi connectivity index (χ2v) is 7.11. The van der Waals surface area contributed by atoms with Gasteiger partial charge in [0.15, 0.2) is 6.10 Å². The van der Waals surface area contributed by atoms with E-state index in [1.807, 2.05) is 0 Å². The SMILES string of the molecule is CC(=O)OC(CCCC1CCN(Cc2ccccc2)CC1)C(N)=S. The molecule has 1 saturated heterocycles. The molecular weight excluding hydrogens is 320 g/mol. The average Bonchev–Trinajstić information content (AvgIpc) is 2.56. The predicted molar refractivity (Wildman–Crippen MR) is 101 cm³/mol. The van der Waals surface area contributed by atoms with Crippen LogP contribution in [0.2, 0.25) is 0 Å². The number of rotatable bonds is 8. The number of thiocarbonyl (C=S) groups is 1. The lowest BCUT2D eigenvalue weighted by Crippen LogP contribution is -2.33. The van der Waals surface area contributed by atoms with Crippen molar-refractivity contribution >= 4 is 23.2 Å². The molecule has 1 heterocycles. The van der Waals surface area contributed by atoms with E-state index in [0.717, 1.165) is 44.8 Å². The fraction of sp³-hybridized carbons (Fsp3) is 0.579. The molecule has 1 aromatic carbocycles. The highest BCUT2D eigenvalue weighted by Crippen LogP contribution is 2.24. The van der Waals surface area contributed by atoms with Gasteiger partial charge in [-0.3, -0.25) is 9.69 Å². The number of ether oxygens (including phenoxy) is 1. The summed E-state index contributed by atoms with van der Waals surface area (Å²) in [6, 6.07) is 10.6. The summed E-state index contributed by atoms with van der Waals surface area (Å²) in [5, 5.41) is 0. The van der Waals surface area contributed by atoms with E-state index in [4.69, 9.17) is 22.7 Å². The van der Waals surface area contributed by atoms with Gasteiger partial charge in [-0.15, -0.1) is 0 Å². The smallest absolute Gasteiger partial charge is 0.303 e. The van der Waals surface area contributed by atoms with Crippen molar-refractivity contribution in [2.45, 2.75) is 51.7 Å². The first-order chi connectivity index (χ1) is 11.5. The third kappa shape index (κ3) is 6.57. The Hall–Kier alpha value is -1.46. The molecule has 132 valence electrons. The number of hydrogen-bond acceptors (Lipinski definition) is 4. The number of piperidine rings is 1. The molecule has 0 saturated carbocycles. The standard InChI is InChI=1S/C19H28N2O2S/c1-15(22)23-18(19(20)24)9-5-8-16-10-12-21(13-11-16)14-17-6-3-2-4-7-17/h2-4,6-7,16,18H,5,8-14H2,1H3,(H2,20,24). The van der Waals surface area contributed by atoms with Crippen molar-refractivity contribution in [2.24, 2.45) is 11.7 Å². The Labute approximate surface area is 150 Å². The molecule has 0 amide bonds. The van der Waals surface area contributed by atoms with E-state index in [1.54, 1.807) is 0 Å².